The van der Waals surface area contributed by atoms with Gasteiger partial charge in [0.2, 0.25) is 0 Å². The average molecular weight is 249 g/mol. The highest BCUT2D eigenvalue weighted by atomic mass is 16.3. The van der Waals surface area contributed by atoms with Crippen molar-refractivity contribution < 1.29 is 5.11 Å². The minimum atomic E-state index is -0.464. The summed E-state index contributed by atoms with van der Waals surface area (Å²) in [5.74, 6) is 0.955. The Labute approximate surface area is 109 Å². The van der Waals surface area contributed by atoms with Gasteiger partial charge in [0.1, 0.15) is 5.82 Å². The second-order valence-electron chi connectivity index (χ2n) is 5.34. The number of anilines is 1. The Morgan fingerprint density at radius 3 is 3.00 bits per heavy atom. The molecule has 0 aromatic carbocycles. The second-order valence-corrected chi connectivity index (χ2v) is 5.34. The van der Waals surface area contributed by atoms with Crippen molar-refractivity contribution in [3.05, 3.63) is 23.9 Å². The molecule has 0 bridgehead atoms. The molecule has 2 atom stereocenters. The molecule has 0 saturated carbocycles. The third-order valence-corrected chi connectivity index (χ3v) is 3.49. The van der Waals surface area contributed by atoms with Crippen molar-refractivity contribution in [3.63, 3.8) is 0 Å². The first-order valence-corrected chi connectivity index (χ1v) is 6.64. The Balaban J connectivity index is 2.24. The third-order valence-electron chi connectivity index (χ3n) is 3.49. The molecule has 0 aliphatic carbocycles. The Morgan fingerprint density at radius 1 is 1.56 bits per heavy atom. The molecule has 1 fully saturated rings. The maximum Gasteiger partial charge on any atom is 0.134 e. The van der Waals surface area contributed by atoms with Crippen LogP contribution in [-0.2, 0) is 0 Å². The van der Waals surface area contributed by atoms with E-state index in [1.165, 1.54) is 12.8 Å². The smallest absolute Gasteiger partial charge is 0.134 e. The molecule has 1 N–H and O–H groups in total. The van der Waals surface area contributed by atoms with Crippen LogP contribution >= 0.6 is 0 Å². The molecule has 1 saturated heterocycles. The molecular weight excluding hydrogens is 226 g/mol. The maximum absolute atomic E-state index is 9.86. The van der Waals surface area contributed by atoms with E-state index in [1.807, 2.05) is 18.3 Å². The van der Waals surface area contributed by atoms with E-state index in [1.54, 1.807) is 6.92 Å². The quantitative estimate of drug-likeness (QED) is 0.881. The van der Waals surface area contributed by atoms with Crippen molar-refractivity contribution >= 4 is 5.82 Å². The molecule has 100 valence electrons. The molecule has 18 heavy (non-hydrogen) atoms. The molecule has 2 heterocycles. The van der Waals surface area contributed by atoms with Crippen LogP contribution < -0.4 is 4.90 Å². The van der Waals surface area contributed by atoms with Gasteiger partial charge in [-0.05, 0) is 39.9 Å². The van der Waals surface area contributed by atoms with Gasteiger partial charge in [-0.1, -0.05) is 6.07 Å². The summed E-state index contributed by atoms with van der Waals surface area (Å²) < 4.78 is 0. The topological polar surface area (TPSA) is 39.6 Å². The van der Waals surface area contributed by atoms with Crippen molar-refractivity contribution in [2.24, 2.45) is 0 Å². The van der Waals surface area contributed by atoms with Crippen molar-refractivity contribution in [1.29, 1.82) is 0 Å². The lowest BCUT2D eigenvalue weighted by molar-refractivity contribution is 0.199. The van der Waals surface area contributed by atoms with Gasteiger partial charge in [0.25, 0.3) is 0 Å². The van der Waals surface area contributed by atoms with E-state index >= 15 is 0 Å². The van der Waals surface area contributed by atoms with E-state index in [2.05, 4.69) is 28.9 Å². The van der Waals surface area contributed by atoms with Crippen LogP contribution in [0, 0.1) is 0 Å². The molecule has 0 amide bonds. The van der Waals surface area contributed by atoms with E-state index < -0.39 is 6.10 Å². The van der Waals surface area contributed by atoms with Crippen LogP contribution in [-0.4, -0.2) is 48.2 Å². The van der Waals surface area contributed by atoms with Crippen molar-refractivity contribution in [1.82, 2.24) is 9.88 Å². The first kappa shape index (κ1) is 13.3. The monoisotopic (exact) mass is 249 g/mol. The van der Waals surface area contributed by atoms with Crippen molar-refractivity contribution in [2.75, 3.05) is 32.1 Å². The summed E-state index contributed by atoms with van der Waals surface area (Å²) in [6, 6.07) is 4.37. The molecule has 0 radical (unpaired) electrons. The first-order chi connectivity index (χ1) is 8.59. The number of nitrogens with zero attached hydrogens (tertiary/aromatic N) is 3. The van der Waals surface area contributed by atoms with Crippen LogP contribution in [0.15, 0.2) is 18.3 Å². The fourth-order valence-corrected chi connectivity index (χ4v) is 2.70. The lowest BCUT2D eigenvalue weighted by atomic mass is 10.1. The van der Waals surface area contributed by atoms with Gasteiger partial charge in [-0.25, -0.2) is 4.98 Å². The summed E-state index contributed by atoms with van der Waals surface area (Å²) in [5, 5.41) is 9.86. The molecule has 4 nitrogen and oxygen atoms in total. The van der Waals surface area contributed by atoms with E-state index in [0.29, 0.717) is 6.04 Å². The number of aromatic nitrogens is 1. The summed E-state index contributed by atoms with van der Waals surface area (Å²) in [6.07, 6.45) is 3.75. The molecule has 1 unspecified atom stereocenters. The summed E-state index contributed by atoms with van der Waals surface area (Å²) >= 11 is 0. The highest BCUT2D eigenvalue weighted by Gasteiger charge is 2.28. The average Bonchev–Trinajstić information content (AvgIpc) is 2.76. The van der Waals surface area contributed by atoms with Gasteiger partial charge in [0.15, 0.2) is 0 Å². The number of rotatable bonds is 4. The van der Waals surface area contributed by atoms with Crippen LogP contribution in [0.5, 0.6) is 0 Å². The largest absolute Gasteiger partial charge is 0.389 e. The van der Waals surface area contributed by atoms with E-state index in [0.717, 1.165) is 24.5 Å². The van der Waals surface area contributed by atoms with Crippen LogP contribution in [0.4, 0.5) is 5.82 Å². The van der Waals surface area contributed by atoms with Gasteiger partial charge in [-0.15, -0.1) is 0 Å². The molecule has 2 rings (SSSR count). The highest BCUT2D eigenvalue weighted by molar-refractivity contribution is 5.49. The van der Waals surface area contributed by atoms with Crippen molar-refractivity contribution in [2.45, 2.75) is 31.9 Å². The minimum Gasteiger partial charge on any atom is -0.389 e. The lowest BCUT2D eigenvalue weighted by Gasteiger charge is -2.30. The molecule has 0 spiro atoms. The van der Waals surface area contributed by atoms with Crippen LogP contribution in [0.3, 0.4) is 0 Å². The van der Waals surface area contributed by atoms with Crippen molar-refractivity contribution in [3.8, 4) is 0 Å². The highest BCUT2D eigenvalue weighted by Crippen LogP contribution is 2.30. The van der Waals surface area contributed by atoms with E-state index in [4.69, 9.17) is 0 Å². The second kappa shape index (κ2) is 5.67. The van der Waals surface area contributed by atoms with Crippen LogP contribution in [0.25, 0.3) is 0 Å². The van der Waals surface area contributed by atoms with E-state index in [-0.39, 0.29) is 0 Å². The summed E-state index contributed by atoms with van der Waals surface area (Å²) in [4.78, 5) is 9.05. The van der Waals surface area contributed by atoms with Crippen LogP contribution in [0.1, 0.15) is 31.4 Å². The minimum absolute atomic E-state index is 0.464. The molecule has 1 aliphatic rings. The van der Waals surface area contributed by atoms with Gasteiger partial charge < -0.3 is 14.9 Å². The predicted molar refractivity (Wildman–Crippen MR) is 73.8 cm³/mol. The number of aliphatic hydroxyl groups is 1. The molecule has 1 aliphatic heterocycles. The third kappa shape index (κ3) is 2.82. The normalized spacial score (nSPS) is 21.6. The SMILES string of the molecule is C[C@@H](O)c1cccnc1N1CCCC1CN(C)C. The molecule has 1 aromatic rings. The van der Waals surface area contributed by atoms with Gasteiger partial charge in [0, 0.05) is 30.9 Å². The summed E-state index contributed by atoms with van der Waals surface area (Å²) in [5.41, 5.74) is 0.933. The number of hydrogen-bond acceptors (Lipinski definition) is 4. The van der Waals surface area contributed by atoms with Gasteiger partial charge in [0.05, 0.1) is 6.10 Å². The van der Waals surface area contributed by atoms with Gasteiger partial charge >= 0.3 is 0 Å². The Hall–Kier alpha value is -1.13. The Morgan fingerprint density at radius 2 is 2.33 bits per heavy atom. The number of aliphatic hydroxyl groups excluding tert-OH is 1. The number of likely N-dealkylation sites (N-methyl/N-ethyl adjacent to an activating group) is 1. The van der Waals surface area contributed by atoms with Crippen LogP contribution in [0.2, 0.25) is 0 Å². The molecular formula is C14H23N3O. The van der Waals surface area contributed by atoms with Gasteiger partial charge in [-0.3, -0.25) is 0 Å². The standard InChI is InChI=1S/C14H23N3O/c1-11(18)13-7-4-8-15-14(13)17-9-5-6-12(17)10-16(2)3/h4,7-8,11-12,18H,5-6,9-10H2,1-3H3/t11-,12?/m1/s1. The predicted octanol–water partition coefficient (Wildman–Crippen LogP) is 1.67. The Kier molecular flexibility index (Phi) is 4.19. The zero-order valence-electron chi connectivity index (χ0n) is 11.5. The Bertz CT molecular complexity index is 392. The van der Waals surface area contributed by atoms with Gasteiger partial charge in [-0.2, -0.15) is 0 Å². The summed E-state index contributed by atoms with van der Waals surface area (Å²) in [7, 11) is 4.20. The lowest BCUT2D eigenvalue weighted by Crippen LogP contribution is -2.38. The number of hydrogen-bond donors (Lipinski definition) is 1. The fraction of sp³-hybridized carbons (Fsp3) is 0.643. The molecule has 4 heteroatoms. The van der Waals surface area contributed by atoms with E-state index in [9.17, 15) is 5.11 Å². The zero-order valence-corrected chi connectivity index (χ0v) is 11.5. The number of pyridine rings is 1. The fourth-order valence-electron chi connectivity index (χ4n) is 2.70. The molecule has 1 aromatic heterocycles. The summed E-state index contributed by atoms with van der Waals surface area (Å²) in [6.45, 7) is 3.88. The first-order valence-electron chi connectivity index (χ1n) is 6.64. The zero-order chi connectivity index (χ0) is 13.1. The maximum atomic E-state index is 9.86.